The summed E-state index contributed by atoms with van der Waals surface area (Å²) in [6, 6.07) is 7.68. The van der Waals surface area contributed by atoms with Gasteiger partial charge in [-0.2, -0.15) is 0 Å². The van der Waals surface area contributed by atoms with Crippen LogP contribution in [0.25, 0.3) is 10.9 Å². The third-order valence-electron chi connectivity index (χ3n) is 6.23. The maximum absolute atomic E-state index is 13.1. The molecule has 1 atom stereocenters. The van der Waals surface area contributed by atoms with Crippen molar-refractivity contribution in [2.45, 2.75) is 77.8 Å². The molecule has 0 aliphatic heterocycles. The van der Waals surface area contributed by atoms with Crippen molar-refractivity contribution in [3.63, 3.8) is 0 Å². The van der Waals surface area contributed by atoms with Gasteiger partial charge < -0.3 is 15.0 Å². The summed E-state index contributed by atoms with van der Waals surface area (Å²) in [5.74, 6) is -0.975. The van der Waals surface area contributed by atoms with Crippen LogP contribution in [0.15, 0.2) is 35.1 Å². The molecule has 1 aromatic heterocycles. The number of carbonyl (C=O) groups is 4. The number of nitrogens with one attached hydrogen (secondary N) is 1. The van der Waals surface area contributed by atoms with E-state index in [1.165, 1.54) is 10.6 Å². The number of aryl methyl sites for hydroxylation is 1. The zero-order chi connectivity index (χ0) is 27.0. The molecule has 0 fully saturated rings. The fourth-order valence-electron chi connectivity index (χ4n) is 4.28. The summed E-state index contributed by atoms with van der Waals surface area (Å²) in [6.45, 7) is 6.49. The number of pyridine rings is 1. The molecule has 0 saturated carbocycles. The lowest BCUT2D eigenvalue weighted by Gasteiger charge is -2.38. The molecule has 9 nitrogen and oxygen atoms in total. The maximum Gasteiger partial charge on any atom is 0.408 e. The van der Waals surface area contributed by atoms with Crippen molar-refractivity contribution < 1.29 is 24.3 Å². The van der Waals surface area contributed by atoms with Crippen LogP contribution in [0, 0.1) is 0 Å². The van der Waals surface area contributed by atoms with Crippen LogP contribution in [-0.4, -0.2) is 56.3 Å². The minimum Gasteiger partial charge on any atom is -0.465 e. The molecule has 36 heavy (non-hydrogen) atoms. The zero-order valence-corrected chi connectivity index (χ0v) is 21.8. The highest BCUT2D eigenvalue weighted by atomic mass is 16.4. The second kappa shape index (κ2) is 12.5. The third-order valence-corrected chi connectivity index (χ3v) is 6.23. The first-order valence-electron chi connectivity index (χ1n) is 12.3. The number of ketones is 2. The second-order valence-electron chi connectivity index (χ2n) is 9.95. The molecule has 0 aliphatic rings. The molecule has 0 spiro atoms. The first kappa shape index (κ1) is 28.7. The van der Waals surface area contributed by atoms with Crippen molar-refractivity contribution in [1.29, 1.82) is 0 Å². The Morgan fingerprint density at radius 1 is 1.08 bits per heavy atom. The molecule has 2 N–H and O–H groups in total. The van der Waals surface area contributed by atoms with Gasteiger partial charge in [0.25, 0.3) is 5.56 Å². The molecule has 2 rings (SSSR count). The van der Waals surface area contributed by atoms with E-state index in [1.807, 2.05) is 6.92 Å². The van der Waals surface area contributed by atoms with Crippen LogP contribution in [0.2, 0.25) is 0 Å². The van der Waals surface area contributed by atoms with E-state index < -0.39 is 41.5 Å². The number of hydrogen-bond acceptors (Lipinski definition) is 5. The lowest BCUT2D eigenvalue weighted by molar-refractivity contribution is -0.127. The van der Waals surface area contributed by atoms with Gasteiger partial charge in [0.05, 0.1) is 17.6 Å². The summed E-state index contributed by atoms with van der Waals surface area (Å²) < 4.78 is 1.39. The van der Waals surface area contributed by atoms with Crippen LogP contribution in [0.4, 0.5) is 4.79 Å². The van der Waals surface area contributed by atoms with Gasteiger partial charge in [-0.3, -0.25) is 24.1 Å². The number of amides is 2. The third kappa shape index (κ3) is 7.26. The van der Waals surface area contributed by atoms with Crippen LogP contribution < -0.4 is 10.9 Å². The Morgan fingerprint density at radius 3 is 2.36 bits per heavy atom. The van der Waals surface area contributed by atoms with Crippen molar-refractivity contribution in [3.05, 3.63) is 46.2 Å². The molecule has 196 valence electrons. The maximum atomic E-state index is 13.1. The average Bonchev–Trinajstić information content (AvgIpc) is 2.82. The Balaban J connectivity index is 2.17. The van der Waals surface area contributed by atoms with Crippen LogP contribution in [0.3, 0.4) is 0 Å². The SMILES string of the molecule is CCC(=O)CCCCCC(C(=O)NCC(=O)c1cc2ccccc2n(C)c1=O)N(C(=O)O)C(C)(C)C. The van der Waals surface area contributed by atoms with Crippen LogP contribution >= 0.6 is 0 Å². The largest absolute Gasteiger partial charge is 0.465 e. The van der Waals surface area contributed by atoms with Crippen molar-refractivity contribution in [1.82, 2.24) is 14.8 Å². The molecular formula is C27H37N3O6. The number of rotatable bonds is 12. The molecule has 1 unspecified atom stereocenters. The van der Waals surface area contributed by atoms with Crippen molar-refractivity contribution in [2.24, 2.45) is 7.05 Å². The van der Waals surface area contributed by atoms with E-state index in [-0.39, 0.29) is 17.8 Å². The van der Waals surface area contributed by atoms with Crippen molar-refractivity contribution in [2.75, 3.05) is 6.54 Å². The van der Waals surface area contributed by atoms with Gasteiger partial charge >= 0.3 is 6.09 Å². The van der Waals surface area contributed by atoms with E-state index in [0.717, 1.165) is 10.3 Å². The number of benzene rings is 1. The Hall–Kier alpha value is -3.49. The average molecular weight is 500 g/mol. The Morgan fingerprint density at radius 2 is 1.75 bits per heavy atom. The summed E-state index contributed by atoms with van der Waals surface area (Å²) in [5, 5.41) is 13.1. The zero-order valence-electron chi connectivity index (χ0n) is 21.8. The highest BCUT2D eigenvalue weighted by molar-refractivity contribution is 6.02. The molecule has 1 aromatic carbocycles. The lowest BCUT2D eigenvalue weighted by Crippen LogP contribution is -2.57. The van der Waals surface area contributed by atoms with Gasteiger partial charge in [0, 0.05) is 25.4 Å². The van der Waals surface area contributed by atoms with Gasteiger partial charge in [0.15, 0.2) is 5.78 Å². The predicted molar refractivity (Wildman–Crippen MR) is 138 cm³/mol. The number of para-hydroxylation sites is 1. The van der Waals surface area contributed by atoms with Gasteiger partial charge in [-0.25, -0.2) is 4.79 Å². The Labute approximate surface area is 211 Å². The van der Waals surface area contributed by atoms with Crippen LogP contribution in [0.1, 0.15) is 76.6 Å². The fraction of sp³-hybridized carbons (Fsp3) is 0.519. The van der Waals surface area contributed by atoms with Gasteiger partial charge in [0.1, 0.15) is 11.8 Å². The van der Waals surface area contributed by atoms with E-state index in [9.17, 15) is 29.1 Å². The normalized spacial score (nSPS) is 12.2. The minimum atomic E-state index is -1.24. The van der Waals surface area contributed by atoms with Crippen molar-refractivity contribution >= 4 is 34.5 Å². The van der Waals surface area contributed by atoms with E-state index in [2.05, 4.69) is 5.32 Å². The summed E-state index contributed by atoms with van der Waals surface area (Å²) in [6.07, 6.45) is 1.86. The molecule has 0 radical (unpaired) electrons. The van der Waals surface area contributed by atoms with Gasteiger partial charge in [-0.1, -0.05) is 38.0 Å². The number of carboxylic acid groups (broad SMARTS) is 1. The fourth-order valence-corrected chi connectivity index (χ4v) is 4.28. The molecule has 0 aliphatic carbocycles. The molecule has 0 saturated heterocycles. The Bertz CT molecular complexity index is 1180. The smallest absolute Gasteiger partial charge is 0.408 e. The predicted octanol–water partition coefficient (Wildman–Crippen LogP) is 3.91. The molecule has 0 bridgehead atoms. The van der Waals surface area contributed by atoms with Gasteiger partial charge in [-0.05, 0) is 51.1 Å². The molecular weight excluding hydrogens is 462 g/mol. The standard InChI is InChI=1S/C27H37N3O6/c1-6-19(31)13-8-7-9-15-22(30(26(35)36)27(2,3)4)24(33)28-17-23(32)20-16-18-12-10-11-14-21(18)29(5)25(20)34/h10-12,14,16,22H,6-9,13,15,17H2,1-5H3,(H,28,33)(H,35,36). The van der Waals surface area contributed by atoms with Gasteiger partial charge in [-0.15, -0.1) is 0 Å². The molecule has 2 amide bonds. The first-order valence-corrected chi connectivity index (χ1v) is 12.3. The number of aromatic nitrogens is 1. The van der Waals surface area contributed by atoms with Crippen molar-refractivity contribution in [3.8, 4) is 0 Å². The lowest BCUT2D eigenvalue weighted by atomic mass is 9.98. The number of carbonyl (C=O) groups excluding carboxylic acids is 3. The number of fused-ring (bicyclic) bond motifs is 1. The number of Topliss-reactive ketones (excluding diaryl/α,β-unsaturated/α-hetero) is 2. The Kier molecular flexibility index (Phi) is 9.95. The number of nitrogens with zero attached hydrogens (tertiary/aromatic N) is 2. The van der Waals surface area contributed by atoms with E-state index in [1.54, 1.807) is 52.1 Å². The molecule has 9 heteroatoms. The topological polar surface area (TPSA) is 126 Å². The van der Waals surface area contributed by atoms with Crippen LogP contribution in [-0.2, 0) is 16.6 Å². The minimum absolute atomic E-state index is 0.0421. The second-order valence-corrected chi connectivity index (χ2v) is 9.95. The number of hydrogen-bond donors (Lipinski definition) is 2. The van der Waals surface area contributed by atoms with Gasteiger partial charge in [0.2, 0.25) is 5.91 Å². The first-order chi connectivity index (χ1) is 16.9. The summed E-state index contributed by atoms with van der Waals surface area (Å²) in [7, 11) is 1.58. The van der Waals surface area contributed by atoms with E-state index in [4.69, 9.17) is 0 Å². The van der Waals surface area contributed by atoms with Crippen LogP contribution in [0.5, 0.6) is 0 Å². The highest BCUT2D eigenvalue weighted by Gasteiger charge is 2.37. The summed E-state index contributed by atoms with van der Waals surface area (Å²) >= 11 is 0. The quantitative estimate of drug-likeness (QED) is 0.337. The van der Waals surface area contributed by atoms with E-state index >= 15 is 0 Å². The summed E-state index contributed by atoms with van der Waals surface area (Å²) in [4.78, 5) is 63.4. The number of unbranched alkanes of at least 4 members (excludes halogenated alkanes) is 2. The monoisotopic (exact) mass is 499 g/mol. The summed E-state index contributed by atoms with van der Waals surface area (Å²) in [5.41, 5.74) is -0.678. The van der Waals surface area contributed by atoms with E-state index in [0.29, 0.717) is 37.6 Å². The molecule has 2 aromatic rings. The molecule has 1 heterocycles. The highest BCUT2D eigenvalue weighted by Crippen LogP contribution is 2.22.